The van der Waals surface area contributed by atoms with Gasteiger partial charge in [0.1, 0.15) is 11.6 Å². The van der Waals surface area contributed by atoms with Gasteiger partial charge in [0.15, 0.2) is 11.6 Å². The maximum absolute atomic E-state index is 14.7. The Morgan fingerprint density at radius 1 is 0.935 bits per heavy atom. The van der Waals surface area contributed by atoms with Gasteiger partial charge in [-0.1, -0.05) is 39.2 Å². The Bertz CT molecular complexity index is 876. The van der Waals surface area contributed by atoms with Crippen molar-refractivity contribution in [1.29, 1.82) is 0 Å². The van der Waals surface area contributed by atoms with Crippen LogP contribution in [0.5, 0.6) is 5.75 Å². The first-order valence-corrected chi connectivity index (χ1v) is 10.6. The molecule has 31 heavy (non-hydrogen) atoms. The first-order valence-electron chi connectivity index (χ1n) is 10.6. The number of hydrogen-bond acceptors (Lipinski definition) is 1. The molecule has 0 N–H and O–H groups in total. The number of rotatable bonds is 6. The van der Waals surface area contributed by atoms with Gasteiger partial charge >= 0.3 is 6.36 Å². The van der Waals surface area contributed by atoms with Crippen molar-refractivity contribution in [2.24, 2.45) is 17.8 Å². The SMILES string of the molecule is CCC1CCC(C(C)Cc2cc(F)c(-c3ccc(OC(F)(F)F)c(F)c3)c(F)c2)CC1. The first-order chi connectivity index (χ1) is 14.6. The highest BCUT2D eigenvalue weighted by Gasteiger charge is 2.32. The van der Waals surface area contributed by atoms with Gasteiger partial charge in [0.25, 0.3) is 0 Å². The quantitative estimate of drug-likeness (QED) is 0.410. The van der Waals surface area contributed by atoms with Gasteiger partial charge in [-0.15, -0.1) is 13.2 Å². The van der Waals surface area contributed by atoms with Gasteiger partial charge in [0.2, 0.25) is 0 Å². The third-order valence-corrected chi connectivity index (χ3v) is 6.38. The van der Waals surface area contributed by atoms with Crippen molar-refractivity contribution in [1.82, 2.24) is 0 Å². The van der Waals surface area contributed by atoms with Crippen molar-refractivity contribution in [2.45, 2.75) is 58.7 Å². The predicted molar refractivity (Wildman–Crippen MR) is 107 cm³/mol. The van der Waals surface area contributed by atoms with Gasteiger partial charge in [-0.2, -0.15) is 0 Å². The first kappa shape index (κ1) is 23.5. The van der Waals surface area contributed by atoms with E-state index < -0.39 is 35.1 Å². The van der Waals surface area contributed by atoms with E-state index in [1.807, 2.05) is 0 Å². The molecule has 1 nitrogen and oxygen atoms in total. The van der Waals surface area contributed by atoms with Crippen LogP contribution in [0.25, 0.3) is 11.1 Å². The lowest BCUT2D eigenvalue weighted by molar-refractivity contribution is -0.275. The summed E-state index contributed by atoms with van der Waals surface area (Å²) in [6, 6.07) is 4.80. The summed E-state index contributed by atoms with van der Waals surface area (Å²) in [5.41, 5.74) is -0.154. The molecule has 1 unspecified atom stereocenters. The number of hydrogen-bond donors (Lipinski definition) is 0. The van der Waals surface area contributed by atoms with E-state index in [4.69, 9.17) is 0 Å². The molecule has 0 bridgehead atoms. The van der Waals surface area contributed by atoms with E-state index in [2.05, 4.69) is 18.6 Å². The van der Waals surface area contributed by atoms with Crippen LogP contribution in [0.2, 0.25) is 0 Å². The van der Waals surface area contributed by atoms with Crippen molar-refractivity contribution in [3.63, 3.8) is 0 Å². The van der Waals surface area contributed by atoms with Crippen molar-refractivity contribution in [3.8, 4) is 16.9 Å². The van der Waals surface area contributed by atoms with Crippen molar-refractivity contribution >= 4 is 0 Å². The van der Waals surface area contributed by atoms with E-state index >= 15 is 0 Å². The highest BCUT2D eigenvalue weighted by Crippen LogP contribution is 2.37. The molecule has 0 aromatic heterocycles. The summed E-state index contributed by atoms with van der Waals surface area (Å²) < 4.78 is 83.8. The number of ether oxygens (including phenoxy) is 1. The average Bonchev–Trinajstić information content (AvgIpc) is 2.68. The second kappa shape index (κ2) is 9.53. The van der Waals surface area contributed by atoms with Crippen LogP contribution in [0, 0.1) is 35.2 Å². The Balaban J connectivity index is 1.75. The molecule has 1 aliphatic rings. The summed E-state index contributed by atoms with van der Waals surface area (Å²) in [7, 11) is 0. The Morgan fingerprint density at radius 2 is 1.55 bits per heavy atom. The molecule has 1 fully saturated rings. The molecule has 2 aromatic carbocycles. The van der Waals surface area contributed by atoms with Gasteiger partial charge in [-0.05, 0) is 72.4 Å². The zero-order chi connectivity index (χ0) is 22.8. The predicted octanol–water partition coefficient (Wildman–Crippen LogP) is 8.06. The number of alkyl halides is 3. The summed E-state index contributed by atoms with van der Waals surface area (Å²) in [5.74, 6) is -2.59. The van der Waals surface area contributed by atoms with Crippen molar-refractivity contribution < 1.29 is 31.1 Å². The fourth-order valence-corrected chi connectivity index (χ4v) is 4.59. The average molecular weight is 444 g/mol. The Morgan fingerprint density at radius 3 is 2.06 bits per heavy atom. The third-order valence-electron chi connectivity index (χ3n) is 6.38. The molecule has 1 aliphatic carbocycles. The van der Waals surface area contributed by atoms with E-state index in [-0.39, 0.29) is 11.5 Å². The second-order valence-corrected chi connectivity index (χ2v) is 8.50. The lowest BCUT2D eigenvalue weighted by atomic mass is 9.74. The molecule has 2 aromatic rings. The van der Waals surface area contributed by atoms with Crippen LogP contribution in [0.15, 0.2) is 30.3 Å². The third kappa shape index (κ3) is 5.95. The smallest absolute Gasteiger partial charge is 0.403 e. The lowest BCUT2D eigenvalue weighted by Gasteiger charge is -2.32. The molecule has 3 rings (SSSR count). The largest absolute Gasteiger partial charge is 0.573 e. The van der Waals surface area contributed by atoms with Crippen molar-refractivity contribution in [3.05, 3.63) is 53.3 Å². The molecule has 0 saturated heterocycles. The molecule has 0 spiro atoms. The van der Waals surface area contributed by atoms with Crippen LogP contribution < -0.4 is 4.74 Å². The Labute approximate surface area is 178 Å². The maximum Gasteiger partial charge on any atom is 0.573 e. The van der Waals surface area contributed by atoms with Crippen LogP contribution in [0.3, 0.4) is 0 Å². The minimum atomic E-state index is -5.06. The van der Waals surface area contributed by atoms with Crippen LogP contribution in [0.4, 0.5) is 26.3 Å². The Hall–Kier alpha value is -2.18. The molecule has 0 radical (unpaired) electrons. The normalized spacial score (nSPS) is 20.5. The summed E-state index contributed by atoms with van der Waals surface area (Å²) in [4.78, 5) is 0. The molecule has 7 heteroatoms. The lowest BCUT2D eigenvalue weighted by Crippen LogP contribution is -2.21. The van der Waals surface area contributed by atoms with Gasteiger partial charge in [0.05, 0.1) is 5.56 Å². The summed E-state index contributed by atoms with van der Waals surface area (Å²) in [6.45, 7) is 4.29. The van der Waals surface area contributed by atoms with Gasteiger partial charge in [-0.25, -0.2) is 13.2 Å². The van der Waals surface area contributed by atoms with Gasteiger partial charge < -0.3 is 4.74 Å². The zero-order valence-corrected chi connectivity index (χ0v) is 17.5. The molecule has 1 saturated carbocycles. The van der Waals surface area contributed by atoms with E-state index in [9.17, 15) is 26.3 Å². The maximum atomic E-state index is 14.7. The molecule has 0 aliphatic heterocycles. The highest BCUT2D eigenvalue weighted by molar-refractivity contribution is 5.66. The standard InChI is InChI=1S/C24H26F6O/c1-3-15-4-6-17(7-5-15)14(2)10-16-11-20(26)23(21(27)12-16)18-8-9-22(19(25)13-18)31-24(28,29)30/h8-9,11-15,17H,3-7,10H2,1-2H3. The van der Waals surface area contributed by atoms with E-state index in [1.165, 1.54) is 31.4 Å². The van der Waals surface area contributed by atoms with Crippen LogP contribution in [-0.4, -0.2) is 6.36 Å². The van der Waals surface area contributed by atoms with E-state index in [1.54, 1.807) is 0 Å². The monoisotopic (exact) mass is 444 g/mol. The van der Waals surface area contributed by atoms with Crippen LogP contribution >= 0.6 is 0 Å². The van der Waals surface area contributed by atoms with Gasteiger partial charge in [0, 0.05) is 0 Å². The summed E-state index contributed by atoms with van der Waals surface area (Å²) in [5, 5.41) is 0. The minimum absolute atomic E-state index is 0.195. The minimum Gasteiger partial charge on any atom is -0.403 e. The number of halogens is 6. The van der Waals surface area contributed by atoms with Gasteiger partial charge in [-0.3, -0.25) is 0 Å². The summed E-state index contributed by atoms with van der Waals surface area (Å²) in [6.07, 6.45) is 1.26. The number of benzene rings is 2. The van der Waals surface area contributed by atoms with Crippen molar-refractivity contribution in [2.75, 3.05) is 0 Å². The van der Waals surface area contributed by atoms with E-state index in [0.29, 0.717) is 30.0 Å². The molecular weight excluding hydrogens is 418 g/mol. The summed E-state index contributed by atoms with van der Waals surface area (Å²) >= 11 is 0. The van der Waals surface area contributed by atoms with Crippen LogP contribution in [-0.2, 0) is 6.42 Å². The molecule has 0 amide bonds. The topological polar surface area (TPSA) is 9.23 Å². The fraction of sp³-hybridized carbons (Fsp3) is 0.500. The zero-order valence-electron chi connectivity index (χ0n) is 17.5. The molecular formula is C24H26F6O. The Kier molecular flexibility index (Phi) is 7.22. The second-order valence-electron chi connectivity index (χ2n) is 8.50. The molecule has 0 heterocycles. The highest BCUT2D eigenvalue weighted by atomic mass is 19.4. The van der Waals surface area contributed by atoms with Crippen LogP contribution in [0.1, 0.15) is 51.5 Å². The van der Waals surface area contributed by atoms with E-state index in [0.717, 1.165) is 24.8 Å². The fourth-order valence-electron chi connectivity index (χ4n) is 4.59. The molecule has 1 atom stereocenters. The molecule has 170 valence electrons.